The highest BCUT2D eigenvalue weighted by atomic mass is 19.4. The Morgan fingerprint density at radius 1 is 1.27 bits per heavy atom. The van der Waals surface area contributed by atoms with E-state index >= 15 is 0 Å². The molecule has 3 fully saturated rings. The lowest BCUT2D eigenvalue weighted by Gasteiger charge is -2.23. The quantitative estimate of drug-likeness (QED) is 0.820. The standard InChI is InChI=1S/C18H22F3N3O2/c19-18(20,21)16-7-13(3-4-22-16)17(25)24-10-14-9-23(8-12-1-2-12)5-6-26-15(14)11-24/h3-4,7,12,14-15H,1-2,5-6,8-11H2/t14-,15+/m0/s1. The monoisotopic (exact) mass is 369 g/mol. The lowest BCUT2D eigenvalue weighted by molar-refractivity contribution is -0.141. The highest BCUT2D eigenvalue weighted by Gasteiger charge is 2.40. The number of amides is 1. The Morgan fingerprint density at radius 2 is 2.08 bits per heavy atom. The van der Waals surface area contributed by atoms with Crippen LogP contribution in [0.15, 0.2) is 18.3 Å². The van der Waals surface area contributed by atoms with Gasteiger partial charge in [0.25, 0.3) is 5.91 Å². The minimum absolute atomic E-state index is 0.0265. The molecule has 0 unspecified atom stereocenters. The third-order valence-corrected chi connectivity index (χ3v) is 5.41. The van der Waals surface area contributed by atoms with Crippen LogP contribution in [0, 0.1) is 11.8 Å². The number of rotatable bonds is 3. The average molecular weight is 369 g/mol. The van der Waals surface area contributed by atoms with Crippen LogP contribution in [-0.2, 0) is 10.9 Å². The highest BCUT2D eigenvalue weighted by molar-refractivity contribution is 5.94. The van der Waals surface area contributed by atoms with Gasteiger partial charge in [-0.25, -0.2) is 0 Å². The van der Waals surface area contributed by atoms with Crippen molar-refractivity contribution >= 4 is 5.91 Å². The normalized spacial score (nSPS) is 27.3. The molecule has 26 heavy (non-hydrogen) atoms. The smallest absolute Gasteiger partial charge is 0.375 e. The SMILES string of the molecule is O=C(c1ccnc(C(F)(F)F)c1)N1C[C@@H]2CN(CC3CC3)CCO[C@@H]2C1. The summed E-state index contributed by atoms with van der Waals surface area (Å²) in [5, 5.41) is 0. The van der Waals surface area contributed by atoms with Gasteiger partial charge >= 0.3 is 6.18 Å². The predicted octanol–water partition coefficient (Wildman–Crippen LogP) is 2.28. The zero-order chi connectivity index (χ0) is 18.3. The van der Waals surface area contributed by atoms with Crippen molar-refractivity contribution in [3.8, 4) is 0 Å². The fourth-order valence-corrected chi connectivity index (χ4v) is 3.86. The summed E-state index contributed by atoms with van der Waals surface area (Å²) in [7, 11) is 0. The van der Waals surface area contributed by atoms with Gasteiger partial charge < -0.3 is 14.5 Å². The number of hydrogen-bond acceptors (Lipinski definition) is 4. The molecule has 142 valence electrons. The Kier molecular flexibility index (Phi) is 4.64. The molecule has 1 saturated carbocycles. The van der Waals surface area contributed by atoms with Gasteiger partial charge in [-0.05, 0) is 30.9 Å². The van der Waals surface area contributed by atoms with E-state index in [0.29, 0.717) is 19.7 Å². The molecule has 0 N–H and O–H groups in total. The van der Waals surface area contributed by atoms with E-state index in [9.17, 15) is 18.0 Å². The van der Waals surface area contributed by atoms with Crippen LogP contribution in [0.1, 0.15) is 28.9 Å². The Balaban J connectivity index is 1.43. The first kappa shape index (κ1) is 17.7. The van der Waals surface area contributed by atoms with E-state index < -0.39 is 11.9 Å². The predicted molar refractivity (Wildman–Crippen MR) is 87.5 cm³/mol. The lowest BCUT2D eigenvalue weighted by Crippen LogP contribution is -2.35. The summed E-state index contributed by atoms with van der Waals surface area (Å²) >= 11 is 0. The Morgan fingerprint density at radius 3 is 2.81 bits per heavy atom. The molecule has 0 radical (unpaired) electrons. The van der Waals surface area contributed by atoms with Crippen LogP contribution in [0.2, 0.25) is 0 Å². The first-order valence-electron chi connectivity index (χ1n) is 9.06. The third kappa shape index (κ3) is 3.86. The number of likely N-dealkylation sites (tertiary alicyclic amines) is 1. The number of fused-ring (bicyclic) bond motifs is 1. The Hall–Kier alpha value is -1.67. The van der Waals surface area contributed by atoms with Crippen molar-refractivity contribution in [1.29, 1.82) is 0 Å². The summed E-state index contributed by atoms with van der Waals surface area (Å²) in [6, 6.07) is 2.17. The summed E-state index contributed by atoms with van der Waals surface area (Å²) in [6.45, 7) is 4.48. The molecule has 2 aliphatic heterocycles. The van der Waals surface area contributed by atoms with E-state index in [0.717, 1.165) is 37.8 Å². The summed E-state index contributed by atoms with van der Waals surface area (Å²) in [4.78, 5) is 20.0. The summed E-state index contributed by atoms with van der Waals surface area (Å²) < 4.78 is 44.4. The molecule has 5 nitrogen and oxygen atoms in total. The summed E-state index contributed by atoms with van der Waals surface area (Å²) in [6.07, 6.45) is -0.969. The van der Waals surface area contributed by atoms with E-state index in [-0.39, 0.29) is 23.5 Å². The first-order valence-corrected chi connectivity index (χ1v) is 9.06. The van der Waals surface area contributed by atoms with Crippen molar-refractivity contribution in [1.82, 2.24) is 14.8 Å². The van der Waals surface area contributed by atoms with Gasteiger partial charge in [0.05, 0.1) is 12.7 Å². The summed E-state index contributed by atoms with van der Waals surface area (Å²) in [5.41, 5.74) is -1.01. The van der Waals surface area contributed by atoms with Gasteiger partial charge in [-0.3, -0.25) is 9.78 Å². The molecular formula is C18H22F3N3O2. The number of halogens is 3. The number of alkyl halides is 3. The maximum Gasteiger partial charge on any atom is 0.433 e. The number of carbonyl (C=O) groups excluding carboxylic acids is 1. The second-order valence-electron chi connectivity index (χ2n) is 7.51. The Labute approximate surface area is 150 Å². The highest BCUT2D eigenvalue weighted by Crippen LogP contribution is 2.32. The second-order valence-corrected chi connectivity index (χ2v) is 7.51. The second kappa shape index (κ2) is 6.81. The van der Waals surface area contributed by atoms with Gasteiger partial charge in [-0.1, -0.05) is 0 Å². The maximum atomic E-state index is 12.8. The van der Waals surface area contributed by atoms with Crippen molar-refractivity contribution in [3.63, 3.8) is 0 Å². The van der Waals surface area contributed by atoms with Crippen LogP contribution in [0.3, 0.4) is 0 Å². The number of nitrogens with zero attached hydrogens (tertiary/aromatic N) is 3. The number of ether oxygens (including phenoxy) is 1. The van der Waals surface area contributed by atoms with Crippen molar-refractivity contribution in [2.24, 2.45) is 11.8 Å². The average Bonchev–Trinajstić information content (AvgIpc) is 3.36. The van der Waals surface area contributed by atoms with Crippen LogP contribution in [0.25, 0.3) is 0 Å². The van der Waals surface area contributed by atoms with Crippen LogP contribution in [0.5, 0.6) is 0 Å². The molecule has 2 saturated heterocycles. The topological polar surface area (TPSA) is 45.7 Å². The molecule has 0 aromatic carbocycles. The zero-order valence-corrected chi connectivity index (χ0v) is 14.4. The van der Waals surface area contributed by atoms with Crippen LogP contribution >= 0.6 is 0 Å². The molecule has 1 aliphatic carbocycles. The third-order valence-electron chi connectivity index (χ3n) is 5.41. The summed E-state index contributed by atoms with van der Waals surface area (Å²) in [5.74, 6) is 0.621. The van der Waals surface area contributed by atoms with Gasteiger partial charge in [0.2, 0.25) is 0 Å². The van der Waals surface area contributed by atoms with Crippen molar-refractivity contribution in [3.05, 3.63) is 29.6 Å². The minimum Gasteiger partial charge on any atom is -0.375 e. The van der Waals surface area contributed by atoms with E-state index in [2.05, 4.69) is 9.88 Å². The molecule has 3 aliphatic rings. The van der Waals surface area contributed by atoms with Crippen LogP contribution in [0.4, 0.5) is 13.2 Å². The first-order chi connectivity index (χ1) is 12.4. The molecule has 1 aromatic heterocycles. The molecule has 2 atom stereocenters. The van der Waals surface area contributed by atoms with E-state index in [1.165, 1.54) is 18.9 Å². The molecule has 3 heterocycles. The molecule has 1 amide bonds. The fraction of sp³-hybridized carbons (Fsp3) is 0.667. The number of pyridine rings is 1. The largest absolute Gasteiger partial charge is 0.433 e. The molecule has 4 rings (SSSR count). The Bertz CT molecular complexity index is 678. The van der Waals surface area contributed by atoms with Crippen molar-refractivity contribution < 1.29 is 22.7 Å². The van der Waals surface area contributed by atoms with Crippen molar-refractivity contribution in [2.45, 2.75) is 25.1 Å². The van der Waals surface area contributed by atoms with Gasteiger partial charge in [0, 0.05) is 50.4 Å². The fourth-order valence-electron chi connectivity index (χ4n) is 3.86. The lowest BCUT2D eigenvalue weighted by atomic mass is 10.1. The van der Waals surface area contributed by atoms with Crippen molar-refractivity contribution in [2.75, 3.05) is 39.3 Å². The van der Waals surface area contributed by atoms with Crippen LogP contribution in [-0.4, -0.2) is 66.1 Å². The number of aromatic nitrogens is 1. The zero-order valence-electron chi connectivity index (χ0n) is 14.4. The van der Waals surface area contributed by atoms with Gasteiger partial charge in [0.1, 0.15) is 5.69 Å². The van der Waals surface area contributed by atoms with Gasteiger partial charge in [0.15, 0.2) is 0 Å². The van der Waals surface area contributed by atoms with Gasteiger partial charge in [-0.15, -0.1) is 0 Å². The minimum atomic E-state index is -4.56. The van der Waals surface area contributed by atoms with Gasteiger partial charge in [-0.2, -0.15) is 13.2 Å². The molecule has 0 spiro atoms. The number of carbonyl (C=O) groups is 1. The molecular weight excluding hydrogens is 347 g/mol. The molecule has 1 aromatic rings. The van der Waals surface area contributed by atoms with E-state index in [4.69, 9.17) is 4.74 Å². The molecule has 0 bridgehead atoms. The van der Waals surface area contributed by atoms with E-state index in [1.54, 1.807) is 4.90 Å². The number of hydrogen-bond donors (Lipinski definition) is 0. The van der Waals surface area contributed by atoms with Crippen LogP contribution < -0.4 is 0 Å². The van der Waals surface area contributed by atoms with E-state index in [1.807, 2.05) is 0 Å². The maximum absolute atomic E-state index is 12.8. The molecule has 8 heteroatoms.